The van der Waals surface area contributed by atoms with E-state index in [1.54, 1.807) is 19.2 Å². The van der Waals surface area contributed by atoms with Crippen molar-refractivity contribution in [2.75, 3.05) is 52.2 Å². The number of benzene rings is 2. The number of carbonyl (C=O) groups is 2. The monoisotopic (exact) mass is 500 g/mol. The molecule has 1 saturated heterocycles. The highest BCUT2D eigenvalue weighted by atomic mass is 16.5. The molecule has 2 aliphatic heterocycles. The lowest BCUT2D eigenvalue weighted by molar-refractivity contribution is -0.128. The van der Waals surface area contributed by atoms with Crippen LogP contribution >= 0.6 is 0 Å². The summed E-state index contributed by atoms with van der Waals surface area (Å²) in [4.78, 5) is 32.6. The van der Waals surface area contributed by atoms with Crippen LogP contribution in [0.4, 0.5) is 5.69 Å². The van der Waals surface area contributed by atoms with E-state index in [-0.39, 0.29) is 11.8 Å². The lowest BCUT2D eigenvalue weighted by atomic mass is 9.83. The molecule has 2 heterocycles. The van der Waals surface area contributed by atoms with Crippen LogP contribution in [0.1, 0.15) is 35.2 Å². The fourth-order valence-electron chi connectivity index (χ4n) is 5.56. The van der Waals surface area contributed by atoms with Gasteiger partial charge in [-0.25, -0.2) is 0 Å². The number of carbonyl (C=O) groups excluding carboxylic acids is 2. The molecule has 0 saturated carbocycles. The van der Waals surface area contributed by atoms with Crippen LogP contribution < -0.4 is 5.32 Å². The first kappa shape index (κ1) is 25.2. The number of hydrogen-bond donors (Lipinski definition) is 1. The summed E-state index contributed by atoms with van der Waals surface area (Å²) in [6.45, 7) is 4.92. The minimum absolute atomic E-state index is 0.0919. The number of amides is 2. The number of nitrogens with one attached hydrogen (secondary N) is 1. The molecule has 1 N–H and O–H groups in total. The van der Waals surface area contributed by atoms with Gasteiger partial charge in [0.1, 0.15) is 0 Å². The van der Waals surface area contributed by atoms with Crippen LogP contribution in [0.2, 0.25) is 0 Å². The first-order chi connectivity index (χ1) is 18.0. The van der Waals surface area contributed by atoms with Gasteiger partial charge >= 0.3 is 0 Å². The molecule has 194 valence electrons. The number of methoxy groups -OCH3 is 1. The van der Waals surface area contributed by atoms with Gasteiger partial charge in [-0.2, -0.15) is 0 Å². The van der Waals surface area contributed by atoms with E-state index in [0.29, 0.717) is 30.3 Å². The third kappa shape index (κ3) is 5.78. The van der Waals surface area contributed by atoms with Crippen molar-refractivity contribution < 1.29 is 14.3 Å². The van der Waals surface area contributed by atoms with Crippen LogP contribution in [-0.2, 0) is 16.0 Å². The summed E-state index contributed by atoms with van der Waals surface area (Å²) in [6.07, 6.45) is 5.24. The second-order valence-electron chi connectivity index (χ2n) is 10.1. The summed E-state index contributed by atoms with van der Waals surface area (Å²) >= 11 is 0. The summed E-state index contributed by atoms with van der Waals surface area (Å²) in [5.41, 5.74) is 4.80. The number of piperazine rings is 1. The molecule has 1 unspecified atom stereocenters. The molecule has 1 atom stereocenters. The molecule has 0 aromatic heterocycles. The third-order valence-electron chi connectivity index (χ3n) is 7.74. The van der Waals surface area contributed by atoms with Gasteiger partial charge < -0.3 is 19.9 Å². The highest BCUT2D eigenvalue weighted by Gasteiger charge is 2.35. The van der Waals surface area contributed by atoms with Crippen LogP contribution in [0.25, 0.3) is 0 Å². The largest absolute Gasteiger partial charge is 0.501 e. The van der Waals surface area contributed by atoms with Crippen LogP contribution in [0, 0.1) is 0 Å². The second kappa shape index (κ2) is 11.3. The predicted molar refractivity (Wildman–Crippen MR) is 145 cm³/mol. The molecule has 2 amide bonds. The van der Waals surface area contributed by atoms with Gasteiger partial charge in [-0.3, -0.25) is 14.5 Å². The van der Waals surface area contributed by atoms with E-state index in [4.69, 9.17) is 4.74 Å². The number of hydrogen-bond acceptors (Lipinski definition) is 5. The Hall–Kier alpha value is -3.42. The number of ether oxygens (including phenoxy) is 1. The van der Waals surface area contributed by atoms with E-state index in [9.17, 15) is 9.59 Å². The number of nitrogens with zero attached hydrogens (tertiary/aromatic N) is 3. The van der Waals surface area contributed by atoms with E-state index in [0.717, 1.165) is 56.8 Å². The number of rotatable bonds is 6. The molecule has 0 radical (unpaired) electrons. The maximum Gasteiger partial charge on any atom is 0.255 e. The zero-order valence-corrected chi connectivity index (χ0v) is 21.8. The molecule has 37 heavy (non-hydrogen) atoms. The zero-order chi connectivity index (χ0) is 25.8. The average Bonchev–Trinajstić information content (AvgIpc) is 2.94. The number of allylic oxidation sites excluding steroid dienone is 1. The molecule has 2 aromatic carbocycles. The summed E-state index contributed by atoms with van der Waals surface area (Å²) in [7, 11) is 3.94. The van der Waals surface area contributed by atoms with Crippen molar-refractivity contribution in [1.82, 2.24) is 14.7 Å². The molecule has 0 bridgehead atoms. The molecule has 0 spiro atoms. The summed E-state index contributed by atoms with van der Waals surface area (Å²) in [5.74, 6) is 1.03. The summed E-state index contributed by atoms with van der Waals surface area (Å²) in [6, 6.07) is 17.0. The Morgan fingerprint density at radius 2 is 1.68 bits per heavy atom. The van der Waals surface area contributed by atoms with Gasteiger partial charge in [0.25, 0.3) is 5.91 Å². The van der Waals surface area contributed by atoms with Gasteiger partial charge in [0.05, 0.1) is 19.3 Å². The van der Waals surface area contributed by atoms with E-state index < -0.39 is 0 Å². The van der Waals surface area contributed by atoms with Gasteiger partial charge in [0.15, 0.2) is 0 Å². The maximum absolute atomic E-state index is 13.3. The Morgan fingerprint density at radius 3 is 2.38 bits per heavy atom. The molecule has 1 aliphatic carbocycles. The van der Waals surface area contributed by atoms with Gasteiger partial charge in [-0.05, 0) is 60.9 Å². The quantitative estimate of drug-likeness (QED) is 0.652. The van der Waals surface area contributed by atoms with Crippen molar-refractivity contribution in [3.8, 4) is 0 Å². The van der Waals surface area contributed by atoms with E-state index in [1.807, 2.05) is 47.4 Å². The first-order valence-corrected chi connectivity index (χ1v) is 13.2. The lowest BCUT2D eigenvalue weighted by Crippen LogP contribution is -2.51. The van der Waals surface area contributed by atoms with Crippen molar-refractivity contribution in [3.05, 3.63) is 88.8 Å². The van der Waals surface area contributed by atoms with Crippen LogP contribution in [0.15, 0.2) is 77.7 Å². The summed E-state index contributed by atoms with van der Waals surface area (Å²) in [5, 5.41) is 2.91. The molecule has 1 fully saturated rings. The molecule has 7 heteroatoms. The Balaban J connectivity index is 1.26. The number of fused-ring (bicyclic) bond motifs is 1. The standard InChI is InChI=1S/C30H36N4O3/c1-32-16-18-33(19-17-32)27-12-13-28(37-2)25-14-15-34(21-26(25)27)29(35)20-22-8-10-24(11-9-22)31-30(36)23-6-4-3-5-7-23/h3-11,21,27H,12-20H2,1-2H3,(H,31,36). The fraction of sp³-hybridized carbons (Fsp3) is 0.400. The smallest absolute Gasteiger partial charge is 0.255 e. The fourth-order valence-corrected chi connectivity index (χ4v) is 5.56. The molecular formula is C30H36N4O3. The van der Waals surface area contributed by atoms with Crippen molar-refractivity contribution >= 4 is 17.5 Å². The normalized spacial score (nSPS) is 20.8. The average molecular weight is 501 g/mol. The van der Waals surface area contributed by atoms with Gasteiger partial charge in [-0.1, -0.05) is 30.3 Å². The second-order valence-corrected chi connectivity index (χ2v) is 10.1. The highest BCUT2D eigenvalue weighted by Crippen LogP contribution is 2.38. The zero-order valence-electron chi connectivity index (χ0n) is 21.8. The van der Waals surface area contributed by atoms with E-state index in [2.05, 4.69) is 28.4 Å². The van der Waals surface area contributed by atoms with Crippen LogP contribution in [0.3, 0.4) is 0 Å². The Morgan fingerprint density at radius 1 is 0.946 bits per heavy atom. The number of likely N-dealkylation sites (N-methyl/N-ethyl adjacent to an activating group) is 1. The molecule has 3 aliphatic rings. The maximum atomic E-state index is 13.3. The SMILES string of the molecule is COC1=C2CCN(C(=O)Cc3ccc(NC(=O)c4ccccc4)cc3)C=C2C(N2CCN(C)CC2)CC1. The Kier molecular flexibility index (Phi) is 7.72. The molecule has 7 nitrogen and oxygen atoms in total. The third-order valence-corrected chi connectivity index (χ3v) is 7.74. The van der Waals surface area contributed by atoms with E-state index >= 15 is 0 Å². The lowest BCUT2D eigenvalue weighted by Gasteiger charge is -2.43. The molecule has 5 rings (SSSR count). The van der Waals surface area contributed by atoms with Crippen molar-refractivity contribution in [2.45, 2.75) is 31.7 Å². The minimum atomic E-state index is -0.147. The Labute approximate surface area is 219 Å². The van der Waals surface area contributed by atoms with Gasteiger partial charge in [0, 0.05) is 62.6 Å². The molecular weight excluding hydrogens is 464 g/mol. The van der Waals surface area contributed by atoms with Gasteiger partial charge in [-0.15, -0.1) is 0 Å². The van der Waals surface area contributed by atoms with Crippen molar-refractivity contribution in [2.24, 2.45) is 0 Å². The number of anilines is 1. The topological polar surface area (TPSA) is 65.1 Å². The van der Waals surface area contributed by atoms with Crippen LogP contribution in [-0.4, -0.2) is 79.4 Å². The molecule has 2 aromatic rings. The van der Waals surface area contributed by atoms with Gasteiger partial charge in [0.2, 0.25) is 5.91 Å². The van der Waals surface area contributed by atoms with E-state index in [1.165, 1.54) is 11.1 Å². The predicted octanol–water partition coefficient (Wildman–Crippen LogP) is 3.91. The van der Waals surface area contributed by atoms with Crippen molar-refractivity contribution in [1.29, 1.82) is 0 Å². The van der Waals surface area contributed by atoms with Crippen LogP contribution in [0.5, 0.6) is 0 Å². The minimum Gasteiger partial charge on any atom is -0.501 e. The van der Waals surface area contributed by atoms with Crippen molar-refractivity contribution in [3.63, 3.8) is 0 Å². The summed E-state index contributed by atoms with van der Waals surface area (Å²) < 4.78 is 5.75. The highest BCUT2D eigenvalue weighted by molar-refractivity contribution is 6.04. The first-order valence-electron chi connectivity index (χ1n) is 13.2. The Bertz CT molecular complexity index is 1180.